The van der Waals surface area contributed by atoms with Gasteiger partial charge in [0.1, 0.15) is 10.1 Å². The van der Waals surface area contributed by atoms with Crippen LogP contribution in [-0.4, -0.2) is 43.4 Å². The van der Waals surface area contributed by atoms with Crippen LogP contribution in [0, 0.1) is 23.7 Å². The Hall–Kier alpha value is -0.150. The molecule has 0 aromatic heterocycles. The Balaban J connectivity index is -0.000000901. The van der Waals surface area contributed by atoms with Gasteiger partial charge in [-0.05, 0) is 36.5 Å². The van der Waals surface area contributed by atoms with Gasteiger partial charge in [-0.2, -0.15) is 0 Å². The number of hydrogen-bond acceptors (Lipinski definition) is 7. The summed E-state index contributed by atoms with van der Waals surface area (Å²) in [6, 6.07) is 0. The molecule has 0 bridgehead atoms. The topological polar surface area (TPSA) is 110 Å². The summed E-state index contributed by atoms with van der Waals surface area (Å²) in [4.78, 5) is 24.1. The second-order valence-electron chi connectivity index (χ2n) is 14.9. The summed E-state index contributed by atoms with van der Waals surface area (Å²) in [6.45, 7) is 17.7. The van der Waals surface area contributed by atoms with Crippen LogP contribution in [0.5, 0.6) is 0 Å². The Bertz CT molecular complexity index is 865. The van der Waals surface area contributed by atoms with Gasteiger partial charge in [0.25, 0.3) is 0 Å². The van der Waals surface area contributed by atoms with E-state index in [0.29, 0.717) is 0 Å². The van der Waals surface area contributed by atoms with E-state index in [1.165, 1.54) is 96.3 Å². The zero-order valence-corrected chi connectivity index (χ0v) is 37.4. The van der Waals surface area contributed by atoms with E-state index in [4.69, 9.17) is 9.47 Å². The molecule has 0 spiro atoms. The number of ether oxygens (including phenoxy) is 2. The van der Waals surface area contributed by atoms with E-state index in [9.17, 15) is 22.6 Å². The minimum atomic E-state index is -5.01. The molecular formula is C41H81NaO7S. The fourth-order valence-corrected chi connectivity index (χ4v) is 6.45. The van der Waals surface area contributed by atoms with Crippen LogP contribution in [0.4, 0.5) is 0 Å². The number of carbonyl (C=O) groups is 2. The number of unbranched alkanes of at least 4 members (excludes halogenated alkanes) is 15. The van der Waals surface area contributed by atoms with Crippen LogP contribution in [0.1, 0.15) is 209 Å². The Morgan fingerprint density at radius 1 is 0.560 bits per heavy atom. The summed E-state index contributed by atoms with van der Waals surface area (Å²) in [7, 11) is -5.01. The fourth-order valence-electron chi connectivity index (χ4n) is 5.81. The van der Waals surface area contributed by atoms with Crippen molar-refractivity contribution >= 4 is 22.1 Å². The molecular weight excluding hydrogens is 660 g/mol. The zero-order valence-electron chi connectivity index (χ0n) is 34.5. The fraction of sp³-hybridized carbons (Fsp3) is 0.951. The van der Waals surface area contributed by atoms with Crippen molar-refractivity contribution in [2.45, 2.75) is 215 Å². The van der Waals surface area contributed by atoms with Gasteiger partial charge in [0, 0.05) is 0 Å². The predicted molar refractivity (Wildman–Crippen MR) is 206 cm³/mol. The Morgan fingerprint density at radius 2 is 0.940 bits per heavy atom. The Labute approximate surface area is 333 Å². The number of hydrogen-bond donors (Lipinski definition) is 0. The molecule has 0 fully saturated rings. The summed E-state index contributed by atoms with van der Waals surface area (Å²) in [5.74, 6) is 0.0420. The molecule has 0 aromatic rings. The van der Waals surface area contributed by atoms with Gasteiger partial charge in [-0.3, -0.25) is 9.59 Å². The van der Waals surface area contributed by atoms with E-state index in [2.05, 4.69) is 41.5 Å². The van der Waals surface area contributed by atoms with Crippen molar-refractivity contribution in [3.05, 3.63) is 0 Å². The van der Waals surface area contributed by atoms with Gasteiger partial charge in [0.05, 0.1) is 19.6 Å². The number of carbonyl (C=O) groups excluding carboxylic acids is 2. The van der Waals surface area contributed by atoms with Gasteiger partial charge in [0.2, 0.25) is 0 Å². The van der Waals surface area contributed by atoms with Crippen LogP contribution in [-0.2, 0) is 29.2 Å². The molecule has 0 aromatic carbocycles. The Kier molecular flexibility index (Phi) is 40.3. The first-order chi connectivity index (χ1) is 23.4. The first-order valence-corrected chi connectivity index (χ1v) is 22.1. The molecule has 4 unspecified atom stereocenters. The standard InChI is InChI=1S/C21H44.C20H38O7S.Na/c1-5-6-7-8-9-10-11-12-13-14-15-16-17-18-19-21(4)20(2)3;1-5-9-11-16(7-3)14-26-19(21)13-18(28(23,24)25)20(22)27-15-17(8-4)12-10-6-2;/h20-21H,5-19H2,1-4H3;16-18H,5-15H2,1-4H3,(H,23,24,25);/q;;+1/p-1. The molecule has 0 radical (unpaired) electrons. The molecule has 0 aliphatic heterocycles. The molecule has 0 heterocycles. The molecule has 4 atom stereocenters. The molecule has 0 N–H and O–H groups in total. The van der Waals surface area contributed by atoms with Crippen LogP contribution >= 0.6 is 0 Å². The maximum absolute atomic E-state index is 12.1. The second kappa shape index (κ2) is 37.2. The first kappa shape index (κ1) is 54.2. The maximum Gasteiger partial charge on any atom is 1.00 e. The van der Waals surface area contributed by atoms with Crippen LogP contribution in [0.15, 0.2) is 0 Å². The molecule has 0 amide bonds. The van der Waals surface area contributed by atoms with Crippen molar-refractivity contribution in [1.29, 1.82) is 0 Å². The van der Waals surface area contributed by atoms with Gasteiger partial charge in [0.15, 0.2) is 5.25 Å². The molecule has 0 saturated carbocycles. The molecule has 0 aliphatic carbocycles. The SMILES string of the molecule is CCCCC(CC)COC(=O)CC(C(=O)OCC(CC)CCCC)S(=O)(=O)[O-].CCCCCCCCCCCCCCCCC(C)C(C)C.[Na+]. The Morgan fingerprint density at radius 3 is 1.30 bits per heavy atom. The minimum absolute atomic E-state index is 0. The summed E-state index contributed by atoms with van der Waals surface area (Å²) >= 11 is 0. The summed E-state index contributed by atoms with van der Waals surface area (Å²) in [5, 5.41) is -2.06. The predicted octanol–water partition coefficient (Wildman–Crippen LogP) is 8.96. The van der Waals surface area contributed by atoms with Gasteiger partial charge in [-0.25, -0.2) is 8.42 Å². The van der Waals surface area contributed by atoms with E-state index < -0.39 is 33.7 Å². The molecule has 9 heteroatoms. The van der Waals surface area contributed by atoms with Crippen molar-refractivity contribution in [1.82, 2.24) is 0 Å². The molecule has 50 heavy (non-hydrogen) atoms. The first-order valence-electron chi connectivity index (χ1n) is 20.6. The van der Waals surface area contributed by atoms with Crippen molar-refractivity contribution in [2.24, 2.45) is 23.7 Å². The van der Waals surface area contributed by atoms with E-state index in [-0.39, 0.29) is 54.6 Å². The van der Waals surface area contributed by atoms with E-state index >= 15 is 0 Å². The summed E-state index contributed by atoms with van der Waals surface area (Å²) < 4.78 is 44.6. The summed E-state index contributed by atoms with van der Waals surface area (Å²) in [5.41, 5.74) is 0. The van der Waals surface area contributed by atoms with E-state index in [1.54, 1.807) is 0 Å². The second-order valence-corrected chi connectivity index (χ2v) is 16.5. The third-order valence-corrected chi connectivity index (χ3v) is 11.2. The number of esters is 2. The molecule has 0 saturated heterocycles. The van der Waals surface area contributed by atoms with Crippen LogP contribution in [0.3, 0.4) is 0 Å². The third kappa shape index (κ3) is 33.7. The minimum Gasteiger partial charge on any atom is -0.747 e. The van der Waals surface area contributed by atoms with Gasteiger partial charge in [-0.1, -0.05) is 190 Å². The van der Waals surface area contributed by atoms with Crippen molar-refractivity contribution in [3.63, 3.8) is 0 Å². The van der Waals surface area contributed by atoms with E-state index in [1.807, 2.05) is 13.8 Å². The monoisotopic (exact) mass is 741 g/mol. The smallest absolute Gasteiger partial charge is 0.747 e. The average molecular weight is 741 g/mol. The average Bonchev–Trinajstić information content (AvgIpc) is 3.07. The zero-order chi connectivity index (χ0) is 37.3. The van der Waals surface area contributed by atoms with Crippen molar-refractivity contribution in [2.75, 3.05) is 13.2 Å². The van der Waals surface area contributed by atoms with Crippen molar-refractivity contribution < 1.29 is 61.6 Å². The van der Waals surface area contributed by atoms with Crippen LogP contribution in [0.2, 0.25) is 0 Å². The van der Waals surface area contributed by atoms with Gasteiger partial charge < -0.3 is 14.0 Å². The van der Waals surface area contributed by atoms with Crippen LogP contribution in [0.25, 0.3) is 0 Å². The summed E-state index contributed by atoms with van der Waals surface area (Å²) in [6.07, 6.45) is 28.5. The molecule has 0 aliphatic rings. The van der Waals surface area contributed by atoms with Gasteiger partial charge in [-0.15, -0.1) is 0 Å². The quantitative estimate of drug-likeness (QED) is 0.0293. The molecule has 294 valence electrons. The maximum atomic E-state index is 12.1. The largest absolute Gasteiger partial charge is 1.00 e. The normalized spacial score (nSPS) is 13.8. The molecule has 0 rings (SSSR count). The molecule has 7 nitrogen and oxygen atoms in total. The van der Waals surface area contributed by atoms with Crippen LogP contribution < -0.4 is 29.6 Å². The van der Waals surface area contributed by atoms with Gasteiger partial charge >= 0.3 is 41.5 Å². The van der Waals surface area contributed by atoms with E-state index in [0.717, 1.165) is 63.2 Å². The number of rotatable bonds is 32. The third-order valence-electron chi connectivity index (χ3n) is 10.1. The van der Waals surface area contributed by atoms with Crippen molar-refractivity contribution in [3.8, 4) is 0 Å².